The molecule has 2 N–H and O–H groups in total. The van der Waals surface area contributed by atoms with Crippen molar-refractivity contribution >= 4 is 5.91 Å². The van der Waals surface area contributed by atoms with E-state index in [-0.39, 0.29) is 36.7 Å². The monoisotopic (exact) mass is 336 g/mol. The van der Waals surface area contributed by atoms with Crippen molar-refractivity contribution in [3.8, 4) is 0 Å². The number of aliphatic hydroxyl groups excluding tert-OH is 1. The van der Waals surface area contributed by atoms with Gasteiger partial charge in [-0.2, -0.15) is 0 Å². The van der Waals surface area contributed by atoms with Gasteiger partial charge in [-0.3, -0.25) is 9.48 Å². The molecule has 24 heavy (non-hydrogen) atoms. The normalized spacial score (nSPS) is 27.2. The zero-order valence-corrected chi connectivity index (χ0v) is 14.4. The first-order valence-electron chi connectivity index (χ1n) is 9.15. The maximum atomic E-state index is 11.9. The Morgan fingerprint density at radius 1 is 1.42 bits per heavy atom. The molecule has 1 saturated heterocycles. The third-order valence-electron chi connectivity index (χ3n) is 4.84. The summed E-state index contributed by atoms with van der Waals surface area (Å²) < 4.78 is 7.86. The summed E-state index contributed by atoms with van der Waals surface area (Å²) in [6.45, 7) is 2.83. The first kappa shape index (κ1) is 17.4. The van der Waals surface area contributed by atoms with E-state index < -0.39 is 0 Å². The average molecular weight is 336 g/mol. The van der Waals surface area contributed by atoms with E-state index in [9.17, 15) is 9.90 Å². The highest BCUT2D eigenvalue weighted by molar-refractivity contribution is 5.81. The smallest absolute Gasteiger partial charge is 0.223 e. The summed E-state index contributed by atoms with van der Waals surface area (Å²) in [6.07, 6.45) is 8.37. The second kappa shape index (κ2) is 8.07. The summed E-state index contributed by atoms with van der Waals surface area (Å²) in [6, 6.07) is -0.0677. The molecule has 1 aromatic heterocycles. The van der Waals surface area contributed by atoms with Gasteiger partial charge >= 0.3 is 0 Å². The van der Waals surface area contributed by atoms with Crippen molar-refractivity contribution in [2.45, 2.75) is 76.7 Å². The van der Waals surface area contributed by atoms with Gasteiger partial charge in [-0.15, -0.1) is 5.10 Å². The van der Waals surface area contributed by atoms with Crippen LogP contribution in [0.15, 0.2) is 6.20 Å². The van der Waals surface area contributed by atoms with Crippen molar-refractivity contribution in [1.82, 2.24) is 20.3 Å². The van der Waals surface area contributed by atoms with E-state index in [0.29, 0.717) is 0 Å². The molecule has 1 amide bonds. The fourth-order valence-corrected chi connectivity index (χ4v) is 3.25. The number of carbonyl (C=O) groups excluding carboxylic acids is 1. The first-order chi connectivity index (χ1) is 11.7. The molecule has 2 heterocycles. The number of nitrogens with zero attached hydrogens (tertiary/aromatic N) is 3. The first-order valence-corrected chi connectivity index (χ1v) is 9.15. The summed E-state index contributed by atoms with van der Waals surface area (Å²) in [5.41, 5.74) is 1.03. The minimum absolute atomic E-state index is 0.0594. The summed E-state index contributed by atoms with van der Waals surface area (Å²) in [4.78, 5) is 11.9. The van der Waals surface area contributed by atoms with Crippen LogP contribution in [0.1, 0.15) is 51.1 Å². The van der Waals surface area contributed by atoms with E-state index in [2.05, 4.69) is 22.6 Å². The molecular formula is C17H28N4O3. The van der Waals surface area contributed by atoms with Gasteiger partial charge in [0.2, 0.25) is 5.91 Å². The standard InChI is InChI=1S/C17H28N4O3/c1-2-3-13-10-21(20-19-13)9-8-14-6-7-15(16(11-22)24-14)18-17(23)12-4-5-12/h10,12,14-16,22H,2-9,11H2,1H3,(H,18,23)/t14-,15-,16+/m1/s1. The summed E-state index contributed by atoms with van der Waals surface area (Å²) in [7, 11) is 0. The Morgan fingerprint density at radius 3 is 2.96 bits per heavy atom. The Labute approximate surface area is 142 Å². The number of carbonyl (C=O) groups is 1. The van der Waals surface area contributed by atoms with Gasteiger partial charge in [0.1, 0.15) is 6.10 Å². The van der Waals surface area contributed by atoms with Crippen LogP contribution >= 0.6 is 0 Å². The average Bonchev–Trinajstić information content (AvgIpc) is 3.35. The summed E-state index contributed by atoms with van der Waals surface area (Å²) in [5, 5.41) is 20.9. The quantitative estimate of drug-likeness (QED) is 0.741. The van der Waals surface area contributed by atoms with Gasteiger partial charge in [0, 0.05) is 18.7 Å². The number of ether oxygens (including phenoxy) is 1. The zero-order chi connectivity index (χ0) is 16.9. The molecule has 3 rings (SSSR count). The molecule has 1 saturated carbocycles. The number of hydrogen-bond donors (Lipinski definition) is 2. The molecule has 0 bridgehead atoms. The SMILES string of the molecule is CCCc1cn(CC[C@H]2CC[C@@H](NC(=O)C3CC3)[C@H](CO)O2)nn1. The second-order valence-corrected chi connectivity index (χ2v) is 6.96. The number of amides is 1. The molecule has 0 radical (unpaired) electrons. The van der Waals surface area contributed by atoms with E-state index in [4.69, 9.17) is 4.74 Å². The summed E-state index contributed by atoms with van der Waals surface area (Å²) >= 11 is 0. The number of rotatable bonds is 8. The lowest BCUT2D eigenvalue weighted by Gasteiger charge is -2.36. The van der Waals surface area contributed by atoms with Crippen LogP contribution < -0.4 is 5.32 Å². The largest absolute Gasteiger partial charge is 0.394 e. The van der Waals surface area contributed by atoms with Crippen LogP contribution in [0.25, 0.3) is 0 Å². The van der Waals surface area contributed by atoms with Crippen molar-refractivity contribution in [3.05, 3.63) is 11.9 Å². The summed E-state index contributed by atoms with van der Waals surface area (Å²) in [5.74, 6) is 0.304. The van der Waals surface area contributed by atoms with Crippen LogP contribution in [-0.4, -0.2) is 50.9 Å². The van der Waals surface area contributed by atoms with Crippen molar-refractivity contribution in [1.29, 1.82) is 0 Å². The van der Waals surface area contributed by atoms with Crippen molar-refractivity contribution < 1.29 is 14.6 Å². The van der Waals surface area contributed by atoms with Crippen LogP contribution in [0, 0.1) is 5.92 Å². The Kier molecular flexibility index (Phi) is 5.84. The Bertz CT molecular complexity index is 544. The van der Waals surface area contributed by atoms with E-state index in [0.717, 1.165) is 57.2 Å². The maximum Gasteiger partial charge on any atom is 0.223 e. The molecular weight excluding hydrogens is 308 g/mol. The highest BCUT2D eigenvalue weighted by Crippen LogP contribution is 2.30. The third kappa shape index (κ3) is 4.54. The second-order valence-electron chi connectivity index (χ2n) is 6.96. The molecule has 3 atom stereocenters. The molecule has 134 valence electrons. The highest BCUT2D eigenvalue weighted by Gasteiger charge is 2.36. The van der Waals surface area contributed by atoms with Crippen LogP contribution in [0.5, 0.6) is 0 Å². The number of hydrogen-bond acceptors (Lipinski definition) is 5. The molecule has 7 heteroatoms. The van der Waals surface area contributed by atoms with Crippen LogP contribution in [-0.2, 0) is 22.5 Å². The Hall–Kier alpha value is -1.47. The van der Waals surface area contributed by atoms with E-state index in [1.165, 1.54) is 0 Å². The maximum absolute atomic E-state index is 11.9. The van der Waals surface area contributed by atoms with Crippen LogP contribution in [0.2, 0.25) is 0 Å². The van der Waals surface area contributed by atoms with Crippen molar-refractivity contribution in [2.75, 3.05) is 6.61 Å². The fourth-order valence-electron chi connectivity index (χ4n) is 3.25. The molecule has 0 spiro atoms. The minimum atomic E-state index is -0.308. The molecule has 7 nitrogen and oxygen atoms in total. The Balaban J connectivity index is 1.45. The predicted molar refractivity (Wildman–Crippen MR) is 88.3 cm³/mol. The van der Waals surface area contributed by atoms with Gasteiger partial charge in [-0.25, -0.2) is 0 Å². The molecule has 1 aromatic rings. The number of aromatic nitrogens is 3. The molecule has 1 aliphatic carbocycles. The lowest BCUT2D eigenvalue weighted by atomic mass is 9.97. The van der Waals surface area contributed by atoms with E-state index in [1.807, 2.05) is 10.9 Å². The highest BCUT2D eigenvalue weighted by atomic mass is 16.5. The fraction of sp³-hybridized carbons (Fsp3) is 0.824. The van der Waals surface area contributed by atoms with Crippen molar-refractivity contribution in [3.63, 3.8) is 0 Å². The van der Waals surface area contributed by atoms with Gasteiger partial charge in [0.05, 0.1) is 24.4 Å². The number of aliphatic hydroxyl groups is 1. The lowest BCUT2D eigenvalue weighted by molar-refractivity contribution is -0.129. The molecule has 0 unspecified atom stereocenters. The van der Waals surface area contributed by atoms with Crippen LogP contribution in [0.4, 0.5) is 0 Å². The van der Waals surface area contributed by atoms with Gasteiger partial charge in [0.25, 0.3) is 0 Å². The van der Waals surface area contributed by atoms with Crippen molar-refractivity contribution in [2.24, 2.45) is 5.92 Å². The third-order valence-corrected chi connectivity index (χ3v) is 4.84. The predicted octanol–water partition coefficient (Wildman–Crippen LogP) is 1.06. The lowest BCUT2D eigenvalue weighted by Crippen LogP contribution is -2.51. The molecule has 0 aromatic carbocycles. The van der Waals surface area contributed by atoms with Gasteiger partial charge < -0.3 is 15.2 Å². The molecule has 2 aliphatic rings. The zero-order valence-electron chi connectivity index (χ0n) is 14.4. The molecule has 2 fully saturated rings. The van der Waals surface area contributed by atoms with E-state index >= 15 is 0 Å². The molecule has 1 aliphatic heterocycles. The number of nitrogens with one attached hydrogen (secondary N) is 1. The topological polar surface area (TPSA) is 89.3 Å². The minimum Gasteiger partial charge on any atom is -0.394 e. The Morgan fingerprint density at radius 2 is 2.25 bits per heavy atom. The van der Waals surface area contributed by atoms with Crippen LogP contribution in [0.3, 0.4) is 0 Å². The number of aryl methyl sites for hydroxylation is 2. The van der Waals surface area contributed by atoms with Gasteiger partial charge in [-0.1, -0.05) is 18.6 Å². The van der Waals surface area contributed by atoms with Gasteiger partial charge in [0.15, 0.2) is 0 Å². The van der Waals surface area contributed by atoms with Gasteiger partial charge in [-0.05, 0) is 38.5 Å². The van der Waals surface area contributed by atoms with E-state index in [1.54, 1.807) is 0 Å².